The molecule has 0 aliphatic heterocycles. The Balaban J connectivity index is 1.73. The van der Waals surface area contributed by atoms with Crippen molar-refractivity contribution < 1.29 is 32.2 Å². The lowest BCUT2D eigenvalue weighted by atomic mass is 9.84. The summed E-state index contributed by atoms with van der Waals surface area (Å²) < 4.78 is 52.3. The van der Waals surface area contributed by atoms with Gasteiger partial charge in [0.25, 0.3) is 11.8 Å². The Morgan fingerprint density at radius 3 is 2.49 bits per heavy atom. The van der Waals surface area contributed by atoms with Crippen molar-refractivity contribution in [3.63, 3.8) is 0 Å². The predicted molar refractivity (Wildman–Crippen MR) is 131 cm³/mol. The summed E-state index contributed by atoms with van der Waals surface area (Å²) >= 11 is 0. The lowest BCUT2D eigenvalue weighted by Gasteiger charge is -2.23. The number of hydrogen-bond acceptors (Lipinski definition) is 5. The molecule has 4 rings (SSSR count). The summed E-state index contributed by atoms with van der Waals surface area (Å²) in [5, 5.41) is 2.48. The van der Waals surface area contributed by atoms with Crippen LogP contribution < -0.4 is 20.5 Å². The largest absolute Gasteiger partial charge is 0.495 e. The lowest BCUT2D eigenvalue weighted by molar-refractivity contribution is -0.138. The molecular weight excluding hydrogens is 487 g/mol. The van der Waals surface area contributed by atoms with Gasteiger partial charge in [0.05, 0.1) is 12.7 Å². The van der Waals surface area contributed by atoms with E-state index in [1.807, 2.05) is 18.2 Å². The highest BCUT2D eigenvalue weighted by Crippen LogP contribution is 2.43. The number of ether oxygens (including phenoxy) is 2. The number of amides is 2. The Morgan fingerprint density at radius 2 is 1.81 bits per heavy atom. The maximum Gasteiger partial charge on any atom is 0.419 e. The molecule has 0 saturated heterocycles. The van der Waals surface area contributed by atoms with E-state index in [2.05, 4.69) is 10.3 Å². The summed E-state index contributed by atoms with van der Waals surface area (Å²) in [5.74, 6) is -1.78. The first-order chi connectivity index (χ1) is 17.7. The Hall–Kier alpha value is -4.08. The number of nitrogens with two attached hydrogens (primary N) is 1. The Labute approximate surface area is 211 Å². The number of anilines is 1. The molecule has 2 amide bonds. The summed E-state index contributed by atoms with van der Waals surface area (Å²) in [6.45, 7) is 0. The molecule has 1 heterocycles. The van der Waals surface area contributed by atoms with Gasteiger partial charge in [-0.05, 0) is 60.7 Å². The second-order valence-corrected chi connectivity index (χ2v) is 8.77. The molecule has 1 aliphatic carbocycles. The summed E-state index contributed by atoms with van der Waals surface area (Å²) in [4.78, 5) is 28.5. The summed E-state index contributed by atoms with van der Waals surface area (Å²) in [6, 6.07) is 11.9. The molecular formula is C27H26F3N3O4. The van der Waals surface area contributed by atoms with Gasteiger partial charge in [0.15, 0.2) is 0 Å². The number of pyridine rings is 1. The van der Waals surface area contributed by atoms with Crippen molar-refractivity contribution >= 4 is 17.5 Å². The van der Waals surface area contributed by atoms with E-state index >= 15 is 0 Å². The van der Waals surface area contributed by atoms with E-state index < -0.39 is 34.9 Å². The molecule has 194 valence electrons. The molecule has 3 N–H and O–H groups in total. The minimum Gasteiger partial charge on any atom is -0.495 e. The average Bonchev–Trinajstić information content (AvgIpc) is 2.88. The van der Waals surface area contributed by atoms with Gasteiger partial charge in [-0.25, -0.2) is 0 Å². The molecule has 1 saturated carbocycles. The van der Waals surface area contributed by atoms with Crippen LogP contribution in [0.5, 0.6) is 17.2 Å². The fourth-order valence-corrected chi connectivity index (χ4v) is 4.53. The van der Waals surface area contributed by atoms with Crippen molar-refractivity contribution in [3.05, 3.63) is 77.1 Å². The lowest BCUT2D eigenvalue weighted by Crippen LogP contribution is -2.19. The molecule has 0 bridgehead atoms. The number of carbonyl (C=O) groups excluding carboxylic acids is 2. The number of nitrogens with zero attached hydrogens (tertiary/aromatic N) is 1. The topological polar surface area (TPSA) is 104 Å². The second-order valence-electron chi connectivity index (χ2n) is 8.77. The molecule has 2 aromatic carbocycles. The molecule has 3 aromatic rings. The molecule has 0 atom stereocenters. The summed E-state index contributed by atoms with van der Waals surface area (Å²) in [7, 11) is 1.05. The van der Waals surface area contributed by atoms with E-state index in [0.717, 1.165) is 50.5 Å². The van der Waals surface area contributed by atoms with Crippen molar-refractivity contribution in [2.75, 3.05) is 12.4 Å². The highest BCUT2D eigenvalue weighted by molar-refractivity contribution is 6.09. The van der Waals surface area contributed by atoms with Gasteiger partial charge in [0.1, 0.15) is 28.5 Å². The van der Waals surface area contributed by atoms with Crippen LogP contribution in [0.15, 0.2) is 54.7 Å². The first kappa shape index (κ1) is 26.0. The van der Waals surface area contributed by atoms with E-state index in [1.165, 1.54) is 24.8 Å². The third-order valence-electron chi connectivity index (χ3n) is 6.29. The third-order valence-corrected chi connectivity index (χ3v) is 6.29. The zero-order valence-electron chi connectivity index (χ0n) is 20.1. The van der Waals surface area contributed by atoms with Gasteiger partial charge >= 0.3 is 6.18 Å². The number of halogens is 3. The smallest absolute Gasteiger partial charge is 0.419 e. The van der Waals surface area contributed by atoms with Crippen LogP contribution in [-0.4, -0.2) is 23.9 Å². The average molecular weight is 514 g/mol. The minimum atomic E-state index is -4.78. The fourth-order valence-electron chi connectivity index (χ4n) is 4.53. The van der Waals surface area contributed by atoms with E-state index in [1.54, 1.807) is 6.07 Å². The number of hydrogen-bond donors (Lipinski definition) is 2. The van der Waals surface area contributed by atoms with E-state index in [4.69, 9.17) is 15.2 Å². The van der Waals surface area contributed by atoms with Crippen molar-refractivity contribution in [1.82, 2.24) is 4.98 Å². The van der Waals surface area contributed by atoms with Gasteiger partial charge in [0.2, 0.25) is 0 Å². The minimum absolute atomic E-state index is 0.110. The Bertz CT molecular complexity index is 1300. The van der Waals surface area contributed by atoms with Crippen LogP contribution in [0.1, 0.15) is 70.0 Å². The molecule has 0 radical (unpaired) electrons. The van der Waals surface area contributed by atoms with Gasteiger partial charge < -0.3 is 20.5 Å². The Kier molecular flexibility index (Phi) is 7.66. The molecule has 0 spiro atoms. The van der Waals surface area contributed by atoms with Gasteiger partial charge in [-0.15, -0.1) is 0 Å². The number of benzene rings is 2. The first-order valence-corrected chi connectivity index (χ1v) is 11.8. The number of rotatable bonds is 7. The van der Waals surface area contributed by atoms with E-state index in [0.29, 0.717) is 11.7 Å². The number of carbonyl (C=O) groups is 2. The van der Waals surface area contributed by atoms with Crippen LogP contribution >= 0.6 is 0 Å². The van der Waals surface area contributed by atoms with Crippen LogP contribution in [0, 0.1) is 0 Å². The van der Waals surface area contributed by atoms with Crippen LogP contribution in [0.3, 0.4) is 0 Å². The van der Waals surface area contributed by atoms with E-state index in [9.17, 15) is 22.8 Å². The number of methoxy groups -OCH3 is 1. The molecule has 7 nitrogen and oxygen atoms in total. The fraction of sp³-hybridized carbons (Fsp3) is 0.296. The van der Waals surface area contributed by atoms with Crippen LogP contribution in [0.25, 0.3) is 0 Å². The van der Waals surface area contributed by atoms with Crippen molar-refractivity contribution in [3.8, 4) is 17.2 Å². The summed E-state index contributed by atoms with van der Waals surface area (Å²) in [6.07, 6.45) is 2.07. The normalized spacial score (nSPS) is 14.2. The molecule has 0 unspecified atom stereocenters. The summed E-state index contributed by atoms with van der Waals surface area (Å²) in [5.41, 5.74) is 4.73. The SMILES string of the molecule is COc1c(C(F)(F)F)ccc(Oc2cccc(C3CCCCC3)c2)c1C(=O)Nc1ccnc(C(N)=O)c1. The standard InChI is InChI=1S/C27H26F3N3O4/c1-36-24-20(27(28,29)30)10-11-22(23(24)26(35)33-18-12-13-32-21(15-18)25(31)34)37-19-9-5-8-17(14-19)16-6-3-2-4-7-16/h5,8-16H,2-4,6-7H2,1H3,(H2,31,34)(H,32,33,35). The van der Waals surface area contributed by atoms with Crippen molar-refractivity contribution in [2.24, 2.45) is 5.73 Å². The van der Waals surface area contributed by atoms with E-state index in [-0.39, 0.29) is 17.1 Å². The predicted octanol–water partition coefficient (Wildman–Crippen LogP) is 6.30. The molecule has 1 aromatic heterocycles. The van der Waals surface area contributed by atoms with Gasteiger partial charge in [-0.1, -0.05) is 31.4 Å². The zero-order chi connectivity index (χ0) is 26.6. The molecule has 37 heavy (non-hydrogen) atoms. The first-order valence-electron chi connectivity index (χ1n) is 11.8. The van der Waals surface area contributed by atoms with Gasteiger partial charge in [0, 0.05) is 11.9 Å². The third kappa shape index (κ3) is 6.02. The molecule has 1 aliphatic rings. The number of nitrogens with one attached hydrogen (secondary N) is 1. The quantitative estimate of drug-likeness (QED) is 0.386. The monoisotopic (exact) mass is 513 g/mol. The van der Waals surface area contributed by atoms with Crippen molar-refractivity contribution in [2.45, 2.75) is 44.2 Å². The highest BCUT2D eigenvalue weighted by Gasteiger charge is 2.38. The zero-order valence-corrected chi connectivity index (χ0v) is 20.1. The number of alkyl halides is 3. The highest BCUT2D eigenvalue weighted by atomic mass is 19.4. The maximum atomic E-state index is 13.8. The van der Waals surface area contributed by atoms with Gasteiger partial charge in [-0.3, -0.25) is 14.6 Å². The van der Waals surface area contributed by atoms with Gasteiger partial charge in [-0.2, -0.15) is 13.2 Å². The second kappa shape index (κ2) is 10.9. The van der Waals surface area contributed by atoms with Crippen LogP contribution in [0.4, 0.5) is 18.9 Å². The van der Waals surface area contributed by atoms with Crippen LogP contribution in [0.2, 0.25) is 0 Å². The van der Waals surface area contributed by atoms with Crippen LogP contribution in [-0.2, 0) is 6.18 Å². The molecule has 1 fully saturated rings. The number of primary amides is 1. The number of aromatic nitrogens is 1. The maximum absolute atomic E-state index is 13.8. The molecule has 10 heteroatoms. The Morgan fingerprint density at radius 1 is 1.05 bits per heavy atom. The van der Waals surface area contributed by atoms with Crippen molar-refractivity contribution in [1.29, 1.82) is 0 Å².